The lowest BCUT2D eigenvalue weighted by Crippen LogP contribution is -2.18. The fourth-order valence-corrected chi connectivity index (χ4v) is 3.81. The quantitative estimate of drug-likeness (QED) is 0.848. The number of imidazole rings is 1. The van der Waals surface area contributed by atoms with E-state index in [4.69, 9.17) is 4.98 Å². The second-order valence-electron chi connectivity index (χ2n) is 4.87. The van der Waals surface area contributed by atoms with Gasteiger partial charge in [0, 0.05) is 24.4 Å². The largest absolute Gasteiger partial charge is 0.309 e. The van der Waals surface area contributed by atoms with E-state index in [2.05, 4.69) is 34.3 Å². The number of fused-ring (bicyclic) bond motifs is 1. The van der Waals surface area contributed by atoms with Crippen molar-refractivity contribution < 1.29 is 0 Å². The summed E-state index contributed by atoms with van der Waals surface area (Å²) >= 11 is 2.06. The first-order chi connectivity index (χ1) is 8.90. The summed E-state index contributed by atoms with van der Waals surface area (Å²) in [6, 6.07) is 4.64. The molecule has 0 amide bonds. The van der Waals surface area contributed by atoms with Crippen LogP contribution >= 0.6 is 11.8 Å². The van der Waals surface area contributed by atoms with E-state index in [1.54, 1.807) is 0 Å². The molecule has 0 saturated carbocycles. The van der Waals surface area contributed by atoms with Gasteiger partial charge in [-0.2, -0.15) is 11.8 Å². The number of nitrogens with zero attached hydrogens (tertiary/aromatic N) is 3. The summed E-state index contributed by atoms with van der Waals surface area (Å²) in [5.41, 5.74) is 2.13. The average Bonchev–Trinajstić information content (AvgIpc) is 2.78. The zero-order valence-corrected chi connectivity index (χ0v) is 11.6. The van der Waals surface area contributed by atoms with E-state index in [9.17, 15) is 0 Å². The molecule has 1 saturated heterocycles. The molecule has 0 N–H and O–H groups in total. The molecule has 0 aliphatic carbocycles. The van der Waals surface area contributed by atoms with E-state index in [0.29, 0.717) is 6.04 Å². The van der Waals surface area contributed by atoms with Gasteiger partial charge in [-0.3, -0.25) is 0 Å². The van der Waals surface area contributed by atoms with Crippen molar-refractivity contribution in [3.05, 3.63) is 24.2 Å². The molecule has 1 aliphatic rings. The minimum atomic E-state index is 0.588. The van der Waals surface area contributed by atoms with Crippen molar-refractivity contribution in [3.63, 3.8) is 0 Å². The van der Waals surface area contributed by atoms with Crippen molar-refractivity contribution in [3.8, 4) is 0 Å². The van der Waals surface area contributed by atoms with Crippen molar-refractivity contribution in [2.75, 3.05) is 11.5 Å². The maximum Gasteiger partial charge on any atom is 0.160 e. The number of aromatic nitrogens is 3. The highest BCUT2D eigenvalue weighted by Gasteiger charge is 2.21. The molecule has 96 valence electrons. The van der Waals surface area contributed by atoms with Crippen LogP contribution in [0, 0.1) is 0 Å². The maximum atomic E-state index is 4.77. The second-order valence-corrected chi connectivity index (χ2v) is 6.01. The van der Waals surface area contributed by atoms with E-state index in [0.717, 1.165) is 24.0 Å². The molecule has 2 aromatic heterocycles. The maximum absolute atomic E-state index is 4.77. The summed E-state index contributed by atoms with van der Waals surface area (Å²) < 4.78 is 2.41. The third-order valence-corrected chi connectivity index (χ3v) is 4.69. The van der Waals surface area contributed by atoms with Crippen molar-refractivity contribution in [2.45, 2.75) is 38.6 Å². The number of hydrogen-bond acceptors (Lipinski definition) is 3. The monoisotopic (exact) mass is 261 g/mol. The molecule has 0 aromatic carbocycles. The Bertz CT molecular complexity index is 529. The highest BCUT2D eigenvalue weighted by molar-refractivity contribution is 7.99. The Morgan fingerprint density at radius 1 is 1.50 bits per heavy atom. The SMILES string of the molecule is CCCc1nc2cccnc2n1C1CCCSC1. The van der Waals surface area contributed by atoms with Gasteiger partial charge in [0.25, 0.3) is 0 Å². The summed E-state index contributed by atoms with van der Waals surface area (Å²) in [5.74, 6) is 3.73. The number of rotatable bonds is 3. The Morgan fingerprint density at radius 2 is 2.44 bits per heavy atom. The van der Waals surface area contributed by atoms with Crippen LogP contribution < -0.4 is 0 Å². The molecule has 0 spiro atoms. The molecule has 1 aliphatic heterocycles. The molecule has 0 radical (unpaired) electrons. The predicted octanol–water partition coefficient (Wildman–Crippen LogP) is 3.45. The molecular formula is C14H19N3S. The van der Waals surface area contributed by atoms with Gasteiger partial charge < -0.3 is 4.57 Å². The smallest absolute Gasteiger partial charge is 0.160 e. The van der Waals surface area contributed by atoms with Gasteiger partial charge in [-0.15, -0.1) is 0 Å². The van der Waals surface area contributed by atoms with Crippen molar-refractivity contribution in [1.29, 1.82) is 0 Å². The highest BCUT2D eigenvalue weighted by atomic mass is 32.2. The summed E-state index contributed by atoms with van der Waals surface area (Å²) in [6.07, 6.45) is 6.66. The second kappa shape index (κ2) is 5.31. The molecular weight excluding hydrogens is 242 g/mol. The Hall–Kier alpha value is -1.03. The van der Waals surface area contributed by atoms with Gasteiger partial charge in [0.2, 0.25) is 0 Å². The first kappa shape index (κ1) is 12.0. The van der Waals surface area contributed by atoms with Crippen LogP contribution in [0.2, 0.25) is 0 Å². The fraction of sp³-hybridized carbons (Fsp3) is 0.571. The van der Waals surface area contributed by atoms with E-state index >= 15 is 0 Å². The van der Waals surface area contributed by atoms with Gasteiger partial charge in [-0.25, -0.2) is 9.97 Å². The van der Waals surface area contributed by atoms with Gasteiger partial charge in [-0.1, -0.05) is 6.92 Å². The van der Waals surface area contributed by atoms with E-state index in [1.807, 2.05) is 12.3 Å². The highest BCUT2D eigenvalue weighted by Crippen LogP contribution is 2.30. The van der Waals surface area contributed by atoms with Crippen LogP contribution in [0.3, 0.4) is 0 Å². The average molecular weight is 261 g/mol. The molecule has 2 aromatic rings. The van der Waals surface area contributed by atoms with Gasteiger partial charge in [0.05, 0.1) is 0 Å². The topological polar surface area (TPSA) is 30.7 Å². The zero-order valence-electron chi connectivity index (χ0n) is 10.8. The van der Waals surface area contributed by atoms with E-state index in [-0.39, 0.29) is 0 Å². The number of pyridine rings is 1. The lowest BCUT2D eigenvalue weighted by atomic mass is 10.1. The van der Waals surface area contributed by atoms with Gasteiger partial charge in [0.15, 0.2) is 5.65 Å². The Morgan fingerprint density at radius 3 is 3.22 bits per heavy atom. The minimum absolute atomic E-state index is 0.588. The summed E-state index contributed by atoms with van der Waals surface area (Å²) in [4.78, 5) is 9.32. The number of thioether (sulfide) groups is 1. The van der Waals surface area contributed by atoms with Crippen LogP contribution in [0.5, 0.6) is 0 Å². The van der Waals surface area contributed by atoms with Crippen molar-refractivity contribution in [1.82, 2.24) is 14.5 Å². The molecule has 18 heavy (non-hydrogen) atoms. The number of hydrogen-bond donors (Lipinski definition) is 0. The van der Waals surface area contributed by atoms with Crippen molar-refractivity contribution in [2.24, 2.45) is 0 Å². The van der Waals surface area contributed by atoms with E-state index in [1.165, 1.54) is 30.2 Å². The van der Waals surface area contributed by atoms with Crippen LogP contribution in [0.4, 0.5) is 0 Å². The lowest BCUT2D eigenvalue weighted by Gasteiger charge is -2.24. The summed E-state index contributed by atoms with van der Waals surface area (Å²) in [7, 11) is 0. The van der Waals surface area contributed by atoms with Gasteiger partial charge in [-0.05, 0) is 37.1 Å². The standard InChI is InChI=1S/C14H19N3S/c1-2-5-13-16-12-7-3-8-15-14(12)17(13)11-6-4-9-18-10-11/h3,7-8,11H,2,4-6,9-10H2,1H3. The summed E-state index contributed by atoms with van der Waals surface area (Å²) in [5, 5.41) is 0. The zero-order chi connectivity index (χ0) is 12.4. The lowest BCUT2D eigenvalue weighted by molar-refractivity contribution is 0.489. The minimum Gasteiger partial charge on any atom is -0.309 e. The normalized spacial score (nSPS) is 20.4. The molecule has 1 atom stereocenters. The van der Waals surface area contributed by atoms with Crippen molar-refractivity contribution >= 4 is 22.9 Å². The predicted molar refractivity (Wildman–Crippen MR) is 77.1 cm³/mol. The Balaban J connectivity index is 2.07. The van der Waals surface area contributed by atoms with Crippen LogP contribution in [0.15, 0.2) is 18.3 Å². The van der Waals surface area contributed by atoms with Crippen LogP contribution in [0.25, 0.3) is 11.2 Å². The first-order valence-corrected chi connectivity index (χ1v) is 7.95. The Kier molecular flexibility index (Phi) is 3.55. The summed E-state index contributed by atoms with van der Waals surface area (Å²) in [6.45, 7) is 2.22. The van der Waals surface area contributed by atoms with Crippen LogP contribution in [-0.4, -0.2) is 26.0 Å². The molecule has 1 unspecified atom stereocenters. The molecule has 3 nitrogen and oxygen atoms in total. The molecule has 1 fully saturated rings. The van der Waals surface area contributed by atoms with Crippen LogP contribution in [0.1, 0.15) is 38.1 Å². The molecule has 3 heterocycles. The van der Waals surface area contributed by atoms with E-state index < -0.39 is 0 Å². The van der Waals surface area contributed by atoms with Crippen LogP contribution in [-0.2, 0) is 6.42 Å². The number of aryl methyl sites for hydroxylation is 1. The third-order valence-electron chi connectivity index (χ3n) is 3.50. The van der Waals surface area contributed by atoms with Gasteiger partial charge in [0.1, 0.15) is 11.3 Å². The van der Waals surface area contributed by atoms with Gasteiger partial charge >= 0.3 is 0 Å². The third kappa shape index (κ3) is 2.14. The molecule has 0 bridgehead atoms. The molecule has 4 heteroatoms. The Labute approximate surface area is 112 Å². The first-order valence-electron chi connectivity index (χ1n) is 6.79. The molecule has 3 rings (SSSR count). The fourth-order valence-electron chi connectivity index (χ4n) is 2.69.